The zero-order chi connectivity index (χ0) is 11.3. The van der Waals surface area contributed by atoms with Crippen LogP contribution in [0.15, 0.2) is 0 Å². The predicted molar refractivity (Wildman–Crippen MR) is 56.2 cm³/mol. The Morgan fingerprint density at radius 2 is 2.20 bits per heavy atom. The summed E-state index contributed by atoms with van der Waals surface area (Å²) in [5.41, 5.74) is 0. The molecule has 86 valence electrons. The van der Waals surface area contributed by atoms with Crippen LogP contribution in [0.2, 0.25) is 0 Å². The lowest BCUT2D eigenvalue weighted by Gasteiger charge is -2.30. The van der Waals surface area contributed by atoms with Crippen molar-refractivity contribution in [2.45, 2.75) is 33.1 Å². The summed E-state index contributed by atoms with van der Waals surface area (Å²) >= 11 is 0. The van der Waals surface area contributed by atoms with Crippen LogP contribution in [0.1, 0.15) is 33.1 Å². The smallest absolute Gasteiger partial charge is 0.310 e. The van der Waals surface area contributed by atoms with Crippen molar-refractivity contribution in [2.24, 2.45) is 5.92 Å². The molecule has 1 aliphatic heterocycles. The van der Waals surface area contributed by atoms with Crippen LogP contribution < -0.4 is 0 Å². The van der Waals surface area contributed by atoms with E-state index >= 15 is 0 Å². The van der Waals surface area contributed by atoms with Crippen LogP contribution in [0.25, 0.3) is 0 Å². The van der Waals surface area contributed by atoms with Crippen molar-refractivity contribution in [2.75, 3.05) is 19.7 Å². The van der Waals surface area contributed by atoms with Crippen molar-refractivity contribution >= 4 is 11.9 Å². The van der Waals surface area contributed by atoms with E-state index in [2.05, 4.69) is 0 Å². The summed E-state index contributed by atoms with van der Waals surface area (Å²) in [5.74, 6) is -0.222. The molecular weight excluding hydrogens is 194 g/mol. The standard InChI is InChI=1S/C11H19NO3/c1-3-7-15-11(14)10-5-4-6-12(8-10)9(2)13/h10H,3-8H2,1-2H3. The number of carbonyl (C=O) groups excluding carboxylic acids is 2. The second-order valence-corrected chi connectivity index (χ2v) is 3.97. The second kappa shape index (κ2) is 5.73. The maximum absolute atomic E-state index is 11.6. The van der Waals surface area contributed by atoms with Crippen LogP contribution >= 0.6 is 0 Å². The summed E-state index contributed by atoms with van der Waals surface area (Å²) in [6.07, 6.45) is 2.58. The maximum Gasteiger partial charge on any atom is 0.310 e. The van der Waals surface area contributed by atoms with Gasteiger partial charge in [-0.05, 0) is 19.3 Å². The van der Waals surface area contributed by atoms with Crippen molar-refractivity contribution in [1.82, 2.24) is 4.90 Å². The number of esters is 1. The predicted octanol–water partition coefficient (Wildman–Crippen LogP) is 1.20. The first-order valence-corrected chi connectivity index (χ1v) is 5.57. The van der Waals surface area contributed by atoms with E-state index in [1.54, 1.807) is 11.8 Å². The Bertz CT molecular complexity index is 240. The number of likely N-dealkylation sites (tertiary alicyclic amines) is 1. The summed E-state index contributed by atoms with van der Waals surface area (Å²) in [6, 6.07) is 0. The molecule has 4 heteroatoms. The molecule has 1 unspecified atom stereocenters. The molecule has 0 radical (unpaired) electrons. The van der Waals surface area contributed by atoms with Crippen molar-refractivity contribution in [3.63, 3.8) is 0 Å². The molecule has 1 amide bonds. The molecule has 0 bridgehead atoms. The molecule has 1 fully saturated rings. The van der Waals surface area contributed by atoms with Crippen LogP contribution in [0, 0.1) is 5.92 Å². The molecule has 1 heterocycles. The number of hydrogen-bond donors (Lipinski definition) is 0. The van der Waals surface area contributed by atoms with Crippen molar-refractivity contribution in [3.8, 4) is 0 Å². The van der Waals surface area contributed by atoms with Crippen LogP contribution in [0.5, 0.6) is 0 Å². The van der Waals surface area contributed by atoms with E-state index in [4.69, 9.17) is 4.74 Å². The molecule has 15 heavy (non-hydrogen) atoms. The molecule has 0 saturated carbocycles. The zero-order valence-electron chi connectivity index (χ0n) is 9.49. The third-order valence-electron chi connectivity index (χ3n) is 2.65. The van der Waals surface area contributed by atoms with E-state index in [0.29, 0.717) is 13.2 Å². The Hall–Kier alpha value is -1.06. The minimum atomic E-state index is -0.150. The highest BCUT2D eigenvalue weighted by Crippen LogP contribution is 2.17. The number of amides is 1. The van der Waals surface area contributed by atoms with E-state index in [-0.39, 0.29) is 17.8 Å². The number of rotatable bonds is 3. The summed E-state index contributed by atoms with van der Waals surface area (Å²) in [6.45, 7) is 5.29. The second-order valence-electron chi connectivity index (χ2n) is 3.97. The first-order valence-electron chi connectivity index (χ1n) is 5.57. The fourth-order valence-corrected chi connectivity index (χ4v) is 1.78. The SMILES string of the molecule is CCCOC(=O)C1CCCN(C(C)=O)C1. The van der Waals surface area contributed by atoms with Crippen LogP contribution in [-0.2, 0) is 14.3 Å². The van der Waals surface area contributed by atoms with Gasteiger partial charge in [0.15, 0.2) is 0 Å². The third-order valence-corrected chi connectivity index (χ3v) is 2.65. The number of hydrogen-bond acceptors (Lipinski definition) is 3. The lowest BCUT2D eigenvalue weighted by Crippen LogP contribution is -2.41. The number of carbonyl (C=O) groups is 2. The van der Waals surface area contributed by atoms with Crippen molar-refractivity contribution in [3.05, 3.63) is 0 Å². The average Bonchev–Trinajstić information content (AvgIpc) is 2.26. The monoisotopic (exact) mass is 213 g/mol. The molecule has 1 atom stereocenters. The highest BCUT2D eigenvalue weighted by Gasteiger charge is 2.27. The summed E-state index contributed by atoms with van der Waals surface area (Å²) in [7, 11) is 0. The Labute approximate surface area is 90.6 Å². The van der Waals surface area contributed by atoms with Crippen molar-refractivity contribution < 1.29 is 14.3 Å². The summed E-state index contributed by atoms with van der Waals surface area (Å²) in [4.78, 5) is 24.4. The lowest BCUT2D eigenvalue weighted by molar-refractivity contribution is -0.151. The van der Waals surface area contributed by atoms with Gasteiger partial charge in [0, 0.05) is 20.0 Å². The van der Waals surface area contributed by atoms with Gasteiger partial charge >= 0.3 is 5.97 Å². The molecule has 0 aliphatic carbocycles. The quantitative estimate of drug-likeness (QED) is 0.662. The molecule has 0 aromatic heterocycles. The van der Waals surface area contributed by atoms with Gasteiger partial charge in [0.1, 0.15) is 0 Å². The third kappa shape index (κ3) is 3.53. The van der Waals surface area contributed by atoms with Gasteiger partial charge in [0.05, 0.1) is 12.5 Å². The first-order chi connectivity index (χ1) is 7.15. The fourth-order valence-electron chi connectivity index (χ4n) is 1.78. The lowest BCUT2D eigenvalue weighted by atomic mass is 9.98. The molecule has 1 aliphatic rings. The van der Waals surface area contributed by atoms with Gasteiger partial charge in [-0.2, -0.15) is 0 Å². The molecule has 0 N–H and O–H groups in total. The topological polar surface area (TPSA) is 46.6 Å². The maximum atomic E-state index is 11.6. The van der Waals surface area contributed by atoms with E-state index < -0.39 is 0 Å². The summed E-state index contributed by atoms with van der Waals surface area (Å²) in [5, 5.41) is 0. The fraction of sp³-hybridized carbons (Fsp3) is 0.818. The first kappa shape index (κ1) is 12.0. The minimum Gasteiger partial charge on any atom is -0.465 e. The van der Waals surface area contributed by atoms with E-state index in [9.17, 15) is 9.59 Å². The molecule has 0 aromatic rings. The molecular formula is C11H19NO3. The highest BCUT2D eigenvalue weighted by molar-refractivity contribution is 5.76. The number of ether oxygens (including phenoxy) is 1. The molecule has 4 nitrogen and oxygen atoms in total. The van der Waals surface area contributed by atoms with Gasteiger partial charge < -0.3 is 9.64 Å². The number of piperidine rings is 1. The Balaban J connectivity index is 2.41. The van der Waals surface area contributed by atoms with Crippen LogP contribution in [0.4, 0.5) is 0 Å². The van der Waals surface area contributed by atoms with Gasteiger partial charge in [0.25, 0.3) is 0 Å². The molecule has 0 aromatic carbocycles. The molecule has 0 spiro atoms. The van der Waals surface area contributed by atoms with Gasteiger partial charge in [-0.3, -0.25) is 9.59 Å². The Kier molecular flexibility index (Phi) is 4.59. The minimum absolute atomic E-state index is 0.0444. The zero-order valence-corrected chi connectivity index (χ0v) is 9.49. The average molecular weight is 213 g/mol. The van der Waals surface area contributed by atoms with Crippen LogP contribution in [-0.4, -0.2) is 36.5 Å². The normalized spacial score (nSPS) is 21.2. The van der Waals surface area contributed by atoms with Gasteiger partial charge in [0.2, 0.25) is 5.91 Å². The Morgan fingerprint density at radius 1 is 1.47 bits per heavy atom. The Morgan fingerprint density at radius 3 is 2.80 bits per heavy atom. The van der Waals surface area contributed by atoms with E-state index in [1.807, 2.05) is 6.92 Å². The highest BCUT2D eigenvalue weighted by atomic mass is 16.5. The van der Waals surface area contributed by atoms with Crippen LogP contribution in [0.3, 0.4) is 0 Å². The van der Waals surface area contributed by atoms with Gasteiger partial charge in [-0.15, -0.1) is 0 Å². The van der Waals surface area contributed by atoms with Gasteiger partial charge in [-0.1, -0.05) is 6.92 Å². The van der Waals surface area contributed by atoms with Crippen molar-refractivity contribution in [1.29, 1.82) is 0 Å². The van der Waals surface area contributed by atoms with E-state index in [1.165, 1.54) is 0 Å². The largest absolute Gasteiger partial charge is 0.465 e. The molecule has 1 rings (SSSR count). The molecule has 1 saturated heterocycles. The van der Waals surface area contributed by atoms with E-state index in [0.717, 1.165) is 25.8 Å². The number of nitrogens with zero attached hydrogens (tertiary/aromatic N) is 1. The van der Waals surface area contributed by atoms with Gasteiger partial charge in [-0.25, -0.2) is 0 Å². The summed E-state index contributed by atoms with van der Waals surface area (Å²) < 4.78 is 5.08.